The highest BCUT2D eigenvalue weighted by Gasteiger charge is 2.09. The molecule has 3 heteroatoms. The number of hydrogen-bond acceptors (Lipinski definition) is 2. The fraction of sp³-hybridized carbons (Fsp3) is 0.667. The van der Waals surface area contributed by atoms with E-state index in [2.05, 4.69) is 21.3 Å². The summed E-state index contributed by atoms with van der Waals surface area (Å²) in [5, 5.41) is 3.47. The third-order valence-electron chi connectivity index (χ3n) is 3.02. The van der Waals surface area contributed by atoms with Gasteiger partial charge in [0.2, 0.25) is 0 Å². The van der Waals surface area contributed by atoms with Gasteiger partial charge in [-0.2, -0.15) is 0 Å². The molecule has 0 saturated carbocycles. The maximum atomic E-state index is 3.47. The molecule has 0 spiro atoms. The van der Waals surface area contributed by atoms with Crippen LogP contribution in [0.3, 0.4) is 0 Å². The van der Waals surface area contributed by atoms with Gasteiger partial charge in [-0.15, -0.1) is 0 Å². The molecule has 1 aromatic rings. The van der Waals surface area contributed by atoms with Crippen molar-refractivity contribution < 1.29 is 0 Å². The van der Waals surface area contributed by atoms with Crippen LogP contribution in [0.4, 0.5) is 0 Å². The van der Waals surface area contributed by atoms with E-state index in [4.69, 9.17) is 0 Å². The van der Waals surface area contributed by atoms with E-state index in [9.17, 15) is 0 Å². The number of nitrogens with one attached hydrogen (secondary N) is 2. The van der Waals surface area contributed by atoms with Crippen LogP contribution in [-0.2, 0) is 6.54 Å². The molecule has 1 fully saturated rings. The van der Waals surface area contributed by atoms with Crippen LogP contribution in [0, 0.1) is 0 Å². The third kappa shape index (κ3) is 3.68. The van der Waals surface area contributed by atoms with Crippen LogP contribution in [0.15, 0.2) is 18.5 Å². The van der Waals surface area contributed by atoms with E-state index in [-0.39, 0.29) is 0 Å². The summed E-state index contributed by atoms with van der Waals surface area (Å²) in [6, 6.07) is 2.12. The van der Waals surface area contributed by atoms with Gasteiger partial charge < -0.3 is 15.2 Å². The standard InChI is InChI=1S/C12H21N3/c1-2-8-15(7-1)9-3-5-13-10-12-4-6-14-11-12/h4,6,11,13-14H,1-3,5,7-10H2. The molecule has 0 aromatic carbocycles. The van der Waals surface area contributed by atoms with Crippen molar-refractivity contribution in [3.63, 3.8) is 0 Å². The molecule has 1 aliphatic rings. The van der Waals surface area contributed by atoms with Crippen molar-refractivity contribution in [1.82, 2.24) is 15.2 Å². The molecule has 1 saturated heterocycles. The van der Waals surface area contributed by atoms with Crippen molar-refractivity contribution >= 4 is 0 Å². The summed E-state index contributed by atoms with van der Waals surface area (Å²) in [4.78, 5) is 5.63. The predicted octanol–water partition coefficient (Wildman–Crippen LogP) is 1.59. The molecule has 2 rings (SSSR count). The molecule has 0 bridgehead atoms. The summed E-state index contributed by atoms with van der Waals surface area (Å²) in [5.41, 5.74) is 1.34. The van der Waals surface area contributed by atoms with Gasteiger partial charge >= 0.3 is 0 Å². The van der Waals surface area contributed by atoms with E-state index >= 15 is 0 Å². The Morgan fingerprint density at radius 1 is 1.33 bits per heavy atom. The number of aromatic nitrogens is 1. The first-order valence-electron chi connectivity index (χ1n) is 6.00. The van der Waals surface area contributed by atoms with Crippen LogP contribution in [-0.4, -0.2) is 36.1 Å². The SMILES string of the molecule is c1cc(CNCCCN2CCCC2)c[nH]1. The van der Waals surface area contributed by atoms with Crippen molar-refractivity contribution in [1.29, 1.82) is 0 Å². The molecule has 84 valence electrons. The largest absolute Gasteiger partial charge is 0.367 e. The molecule has 15 heavy (non-hydrogen) atoms. The second-order valence-electron chi connectivity index (χ2n) is 4.30. The Hall–Kier alpha value is -0.800. The summed E-state index contributed by atoms with van der Waals surface area (Å²) in [6.07, 6.45) is 8.09. The second kappa shape index (κ2) is 5.93. The monoisotopic (exact) mass is 207 g/mol. The fourth-order valence-electron chi connectivity index (χ4n) is 2.13. The lowest BCUT2D eigenvalue weighted by atomic mass is 10.3. The molecule has 2 heterocycles. The molecule has 0 amide bonds. The van der Waals surface area contributed by atoms with Crippen molar-refractivity contribution in [2.45, 2.75) is 25.8 Å². The van der Waals surface area contributed by atoms with Gasteiger partial charge in [-0.05, 0) is 57.1 Å². The molecule has 3 nitrogen and oxygen atoms in total. The van der Waals surface area contributed by atoms with Crippen LogP contribution >= 0.6 is 0 Å². The zero-order valence-corrected chi connectivity index (χ0v) is 9.34. The Balaban J connectivity index is 1.48. The van der Waals surface area contributed by atoms with Crippen LogP contribution in [0.25, 0.3) is 0 Å². The van der Waals surface area contributed by atoms with Gasteiger partial charge in [0.05, 0.1) is 0 Å². The van der Waals surface area contributed by atoms with Crippen molar-refractivity contribution in [3.05, 3.63) is 24.0 Å². The van der Waals surface area contributed by atoms with Gasteiger partial charge in [0, 0.05) is 18.9 Å². The lowest BCUT2D eigenvalue weighted by Crippen LogP contribution is -2.24. The molecule has 1 aliphatic heterocycles. The van der Waals surface area contributed by atoms with E-state index in [1.807, 2.05) is 12.4 Å². The number of likely N-dealkylation sites (tertiary alicyclic amines) is 1. The normalized spacial score (nSPS) is 17.3. The number of rotatable bonds is 6. The summed E-state index contributed by atoms with van der Waals surface area (Å²) in [6.45, 7) is 6.01. The average molecular weight is 207 g/mol. The Morgan fingerprint density at radius 3 is 2.93 bits per heavy atom. The van der Waals surface area contributed by atoms with E-state index in [0.717, 1.165) is 13.1 Å². The highest BCUT2D eigenvalue weighted by atomic mass is 15.1. The van der Waals surface area contributed by atoms with Gasteiger partial charge in [0.1, 0.15) is 0 Å². The smallest absolute Gasteiger partial charge is 0.0220 e. The topological polar surface area (TPSA) is 31.1 Å². The van der Waals surface area contributed by atoms with Gasteiger partial charge in [-0.3, -0.25) is 0 Å². The lowest BCUT2D eigenvalue weighted by molar-refractivity contribution is 0.331. The quantitative estimate of drug-likeness (QED) is 0.694. The molecule has 0 unspecified atom stereocenters. The first-order valence-corrected chi connectivity index (χ1v) is 6.00. The zero-order chi connectivity index (χ0) is 10.3. The van der Waals surface area contributed by atoms with Gasteiger partial charge in [0.15, 0.2) is 0 Å². The lowest BCUT2D eigenvalue weighted by Gasteiger charge is -2.14. The highest BCUT2D eigenvalue weighted by molar-refractivity contribution is 5.07. The van der Waals surface area contributed by atoms with E-state index in [1.54, 1.807) is 0 Å². The number of H-pyrrole nitrogens is 1. The summed E-state index contributed by atoms with van der Waals surface area (Å²) < 4.78 is 0. The minimum atomic E-state index is 0.990. The van der Waals surface area contributed by atoms with Crippen molar-refractivity contribution in [2.75, 3.05) is 26.2 Å². The summed E-state index contributed by atoms with van der Waals surface area (Å²) in [7, 11) is 0. The van der Waals surface area contributed by atoms with Crippen molar-refractivity contribution in [3.8, 4) is 0 Å². The summed E-state index contributed by atoms with van der Waals surface area (Å²) >= 11 is 0. The molecular formula is C12H21N3. The third-order valence-corrected chi connectivity index (χ3v) is 3.02. The van der Waals surface area contributed by atoms with E-state index in [1.165, 1.54) is 44.5 Å². The summed E-state index contributed by atoms with van der Waals surface area (Å²) in [5.74, 6) is 0. The van der Waals surface area contributed by atoms with E-state index in [0.29, 0.717) is 0 Å². The van der Waals surface area contributed by atoms with Crippen LogP contribution in [0.1, 0.15) is 24.8 Å². The Kier molecular flexibility index (Phi) is 4.23. The molecule has 0 aliphatic carbocycles. The first kappa shape index (κ1) is 10.7. The molecular weight excluding hydrogens is 186 g/mol. The Labute approximate surface area is 91.9 Å². The van der Waals surface area contributed by atoms with Gasteiger partial charge in [-0.25, -0.2) is 0 Å². The molecule has 1 aromatic heterocycles. The highest BCUT2D eigenvalue weighted by Crippen LogP contribution is 2.06. The van der Waals surface area contributed by atoms with E-state index < -0.39 is 0 Å². The zero-order valence-electron chi connectivity index (χ0n) is 9.34. The molecule has 0 atom stereocenters. The maximum absolute atomic E-state index is 3.47. The van der Waals surface area contributed by atoms with Crippen LogP contribution in [0.5, 0.6) is 0 Å². The minimum Gasteiger partial charge on any atom is -0.367 e. The molecule has 0 radical (unpaired) electrons. The minimum absolute atomic E-state index is 0.990. The van der Waals surface area contributed by atoms with Gasteiger partial charge in [0.25, 0.3) is 0 Å². The predicted molar refractivity (Wildman–Crippen MR) is 62.8 cm³/mol. The maximum Gasteiger partial charge on any atom is 0.0220 e. The van der Waals surface area contributed by atoms with Crippen molar-refractivity contribution in [2.24, 2.45) is 0 Å². The molecule has 2 N–H and O–H groups in total. The van der Waals surface area contributed by atoms with Crippen LogP contribution in [0.2, 0.25) is 0 Å². The van der Waals surface area contributed by atoms with Gasteiger partial charge in [-0.1, -0.05) is 0 Å². The number of nitrogens with zero attached hydrogens (tertiary/aromatic N) is 1. The second-order valence-corrected chi connectivity index (χ2v) is 4.30. The number of aromatic amines is 1. The first-order chi connectivity index (χ1) is 7.45. The average Bonchev–Trinajstić information content (AvgIpc) is 2.88. The Bertz CT molecular complexity index is 250. The Morgan fingerprint density at radius 2 is 2.20 bits per heavy atom. The van der Waals surface area contributed by atoms with Crippen LogP contribution < -0.4 is 5.32 Å². The number of hydrogen-bond donors (Lipinski definition) is 2. The fourth-order valence-corrected chi connectivity index (χ4v) is 2.13.